The maximum Gasteiger partial charge on any atom is 0.250 e. The topological polar surface area (TPSA) is 58.2 Å². The number of carbonyl (C=O) groups excluding carboxylic acids is 2. The summed E-state index contributed by atoms with van der Waals surface area (Å²) in [5, 5.41) is 5.89. The molecule has 2 N–H and O–H groups in total. The molecule has 0 bridgehead atoms. The molecular weight excluding hydrogens is 224 g/mol. The van der Waals surface area contributed by atoms with Crippen molar-refractivity contribution >= 4 is 29.3 Å². The van der Waals surface area contributed by atoms with Crippen LogP contribution in [0.2, 0.25) is 0 Å². The highest BCUT2D eigenvalue weighted by atomic mass is 32.2. The maximum absolute atomic E-state index is 11.5. The summed E-state index contributed by atoms with van der Waals surface area (Å²) in [6, 6.07) is 9.17. The van der Waals surface area contributed by atoms with Gasteiger partial charge in [-0.15, -0.1) is 0 Å². The summed E-state index contributed by atoms with van der Waals surface area (Å²) in [5.41, 5.74) is 0.735. The minimum absolute atomic E-state index is 0.0660. The zero-order valence-electron chi connectivity index (χ0n) is 8.40. The summed E-state index contributed by atoms with van der Waals surface area (Å²) in [6.45, 7) is 0. The predicted molar refractivity (Wildman–Crippen MR) is 63.8 cm³/mol. The van der Waals surface area contributed by atoms with E-state index < -0.39 is 0 Å². The Bertz CT molecular complexity index is 443. The molecule has 0 radical (unpaired) electrons. The van der Waals surface area contributed by atoms with Crippen LogP contribution >= 0.6 is 11.8 Å². The summed E-state index contributed by atoms with van der Waals surface area (Å²) >= 11 is 1.33. The standard InChI is InChI=1S/C11H10N2O2S/c14-9(6-11-13-10(15)7-16-11)12-8-4-2-1-3-5-8/h1-6H,7H2,(H,12,14)(H,13,15)/b11-6-. The molecule has 1 heterocycles. The first-order valence-electron chi connectivity index (χ1n) is 4.74. The molecule has 5 heteroatoms. The molecule has 2 rings (SSSR count). The Morgan fingerprint density at radius 2 is 2.12 bits per heavy atom. The molecule has 0 saturated carbocycles. The molecule has 1 aromatic carbocycles. The van der Waals surface area contributed by atoms with E-state index in [2.05, 4.69) is 10.6 Å². The minimum atomic E-state index is -0.240. The van der Waals surface area contributed by atoms with E-state index in [0.29, 0.717) is 10.8 Å². The lowest BCUT2D eigenvalue weighted by molar-refractivity contribution is -0.117. The molecule has 1 aliphatic rings. The van der Waals surface area contributed by atoms with E-state index in [1.165, 1.54) is 17.8 Å². The van der Waals surface area contributed by atoms with Gasteiger partial charge in [-0.05, 0) is 12.1 Å². The molecule has 0 aromatic heterocycles. The molecule has 1 saturated heterocycles. The third-order valence-corrected chi connectivity index (χ3v) is 2.86. The Balaban J connectivity index is 1.97. The number of nitrogens with one attached hydrogen (secondary N) is 2. The van der Waals surface area contributed by atoms with Crippen LogP contribution in [0.4, 0.5) is 5.69 Å². The molecule has 4 nitrogen and oxygen atoms in total. The lowest BCUT2D eigenvalue weighted by Crippen LogP contribution is -2.16. The van der Waals surface area contributed by atoms with Crippen LogP contribution < -0.4 is 10.6 Å². The molecule has 1 aliphatic heterocycles. The first-order valence-corrected chi connectivity index (χ1v) is 5.73. The Morgan fingerprint density at radius 1 is 1.38 bits per heavy atom. The van der Waals surface area contributed by atoms with Crippen LogP contribution in [0.1, 0.15) is 0 Å². The van der Waals surface area contributed by atoms with Crippen molar-refractivity contribution in [3.05, 3.63) is 41.4 Å². The third kappa shape index (κ3) is 2.87. The monoisotopic (exact) mass is 234 g/mol. The van der Waals surface area contributed by atoms with Gasteiger partial charge in [0.2, 0.25) is 5.91 Å². The molecule has 1 aromatic rings. The zero-order chi connectivity index (χ0) is 11.4. The van der Waals surface area contributed by atoms with E-state index in [9.17, 15) is 9.59 Å². The zero-order valence-corrected chi connectivity index (χ0v) is 9.21. The van der Waals surface area contributed by atoms with Crippen LogP contribution in [0, 0.1) is 0 Å². The van der Waals surface area contributed by atoms with Crippen molar-refractivity contribution in [1.29, 1.82) is 0 Å². The van der Waals surface area contributed by atoms with E-state index in [-0.39, 0.29) is 11.8 Å². The largest absolute Gasteiger partial charge is 0.322 e. The summed E-state index contributed by atoms with van der Waals surface area (Å²) in [4.78, 5) is 22.4. The Morgan fingerprint density at radius 3 is 2.75 bits per heavy atom. The van der Waals surface area contributed by atoms with E-state index in [0.717, 1.165) is 5.69 Å². The number of para-hydroxylation sites is 1. The van der Waals surface area contributed by atoms with Gasteiger partial charge in [0.25, 0.3) is 5.91 Å². The molecular formula is C11H10N2O2S. The average molecular weight is 234 g/mol. The van der Waals surface area contributed by atoms with Gasteiger partial charge in [0.05, 0.1) is 10.8 Å². The summed E-state index contributed by atoms with van der Waals surface area (Å²) in [7, 11) is 0. The van der Waals surface area contributed by atoms with Crippen LogP contribution in [-0.2, 0) is 9.59 Å². The Labute approximate surface area is 97.1 Å². The number of benzene rings is 1. The highest BCUT2D eigenvalue weighted by Gasteiger charge is 2.15. The lowest BCUT2D eigenvalue weighted by Gasteiger charge is -2.01. The van der Waals surface area contributed by atoms with Gasteiger partial charge in [0, 0.05) is 11.8 Å². The van der Waals surface area contributed by atoms with Crippen molar-refractivity contribution in [3.63, 3.8) is 0 Å². The first-order chi connectivity index (χ1) is 7.74. The number of hydrogen-bond donors (Lipinski definition) is 2. The fourth-order valence-electron chi connectivity index (χ4n) is 1.25. The number of amides is 2. The molecule has 2 amide bonds. The smallest absolute Gasteiger partial charge is 0.250 e. The minimum Gasteiger partial charge on any atom is -0.322 e. The van der Waals surface area contributed by atoms with E-state index >= 15 is 0 Å². The van der Waals surface area contributed by atoms with Crippen LogP contribution in [-0.4, -0.2) is 17.6 Å². The van der Waals surface area contributed by atoms with Crippen LogP contribution in [0.25, 0.3) is 0 Å². The molecule has 0 atom stereocenters. The van der Waals surface area contributed by atoms with Crippen molar-refractivity contribution in [2.45, 2.75) is 0 Å². The summed E-state index contributed by atoms with van der Waals surface area (Å²) < 4.78 is 0. The van der Waals surface area contributed by atoms with Gasteiger partial charge in [-0.3, -0.25) is 9.59 Å². The number of anilines is 1. The van der Waals surface area contributed by atoms with Gasteiger partial charge >= 0.3 is 0 Å². The second-order valence-electron chi connectivity index (χ2n) is 3.20. The highest BCUT2D eigenvalue weighted by Crippen LogP contribution is 2.18. The van der Waals surface area contributed by atoms with E-state index in [1.807, 2.05) is 18.2 Å². The second kappa shape index (κ2) is 4.85. The van der Waals surface area contributed by atoms with Crippen molar-refractivity contribution in [3.8, 4) is 0 Å². The van der Waals surface area contributed by atoms with Crippen LogP contribution in [0.5, 0.6) is 0 Å². The van der Waals surface area contributed by atoms with Crippen molar-refractivity contribution in [2.24, 2.45) is 0 Å². The third-order valence-electron chi connectivity index (χ3n) is 1.92. The predicted octanol–water partition coefficient (Wildman–Crippen LogP) is 1.33. The highest BCUT2D eigenvalue weighted by molar-refractivity contribution is 8.04. The van der Waals surface area contributed by atoms with E-state index in [4.69, 9.17) is 0 Å². The van der Waals surface area contributed by atoms with Crippen LogP contribution in [0.15, 0.2) is 41.4 Å². The van der Waals surface area contributed by atoms with Crippen molar-refractivity contribution in [2.75, 3.05) is 11.1 Å². The number of carbonyl (C=O) groups is 2. The second-order valence-corrected chi connectivity index (χ2v) is 4.22. The number of rotatable bonds is 2. The number of hydrogen-bond acceptors (Lipinski definition) is 3. The molecule has 0 aliphatic carbocycles. The van der Waals surface area contributed by atoms with Gasteiger partial charge in [0.15, 0.2) is 0 Å². The van der Waals surface area contributed by atoms with Crippen molar-refractivity contribution in [1.82, 2.24) is 5.32 Å². The molecule has 1 fully saturated rings. The quantitative estimate of drug-likeness (QED) is 0.759. The fraction of sp³-hybridized carbons (Fsp3) is 0.0909. The summed E-state index contributed by atoms with van der Waals surface area (Å²) in [5.74, 6) is 0.0735. The molecule has 0 spiro atoms. The Hall–Kier alpha value is -1.75. The summed E-state index contributed by atoms with van der Waals surface area (Å²) in [6.07, 6.45) is 1.39. The van der Waals surface area contributed by atoms with E-state index in [1.54, 1.807) is 12.1 Å². The van der Waals surface area contributed by atoms with Gasteiger partial charge in [-0.25, -0.2) is 0 Å². The lowest BCUT2D eigenvalue weighted by atomic mass is 10.3. The van der Waals surface area contributed by atoms with Gasteiger partial charge in [0.1, 0.15) is 0 Å². The first kappa shape index (κ1) is 10.8. The van der Waals surface area contributed by atoms with Gasteiger partial charge in [-0.1, -0.05) is 30.0 Å². The normalized spacial score (nSPS) is 17.2. The maximum atomic E-state index is 11.5. The molecule has 82 valence electrons. The van der Waals surface area contributed by atoms with Gasteiger partial charge < -0.3 is 10.6 Å². The SMILES string of the molecule is O=C(/C=C1/NC(=O)CS1)Nc1ccccc1. The van der Waals surface area contributed by atoms with Crippen LogP contribution in [0.3, 0.4) is 0 Å². The molecule has 0 unspecified atom stereocenters. The average Bonchev–Trinajstić information content (AvgIpc) is 2.65. The van der Waals surface area contributed by atoms with Gasteiger partial charge in [-0.2, -0.15) is 0 Å². The fourth-order valence-corrected chi connectivity index (χ4v) is 1.98. The van der Waals surface area contributed by atoms with Crippen molar-refractivity contribution < 1.29 is 9.59 Å². The number of thioether (sulfide) groups is 1. The Kier molecular flexibility index (Phi) is 3.26. The molecule has 16 heavy (non-hydrogen) atoms.